The molecule has 0 heterocycles. The van der Waals surface area contributed by atoms with E-state index in [1.807, 2.05) is 24.3 Å². The number of rotatable bonds is 6. The van der Waals surface area contributed by atoms with Gasteiger partial charge in [-0.05, 0) is 24.5 Å². The highest BCUT2D eigenvalue weighted by molar-refractivity contribution is 9.10. The fourth-order valence-electron chi connectivity index (χ4n) is 1.62. The minimum atomic E-state index is -0.405. The van der Waals surface area contributed by atoms with Crippen molar-refractivity contribution in [2.75, 3.05) is 0 Å². The monoisotopic (exact) mass is 281 g/mol. The standard InChI is InChI=1S/C13H16BrNO/c14-12-8-5-4-7-11(12)13(16)9-3-1-2-6-10-15/h4-5,7-8,13,16H,1-3,6,9H2. The van der Waals surface area contributed by atoms with Crippen LogP contribution in [-0.4, -0.2) is 5.11 Å². The molecule has 0 aromatic heterocycles. The van der Waals surface area contributed by atoms with Crippen LogP contribution in [0.25, 0.3) is 0 Å². The van der Waals surface area contributed by atoms with Gasteiger partial charge >= 0.3 is 0 Å². The van der Waals surface area contributed by atoms with Gasteiger partial charge in [0, 0.05) is 10.9 Å². The number of halogens is 1. The van der Waals surface area contributed by atoms with Crippen molar-refractivity contribution in [1.82, 2.24) is 0 Å². The van der Waals surface area contributed by atoms with Gasteiger partial charge in [-0.25, -0.2) is 0 Å². The van der Waals surface area contributed by atoms with Crippen molar-refractivity contribution in [2.24, 2.45) is 0 Å². The van der Waals surface area contributed by atoms with Gasteiger partial charge in [-0.2, -0.15) is 5.26 Å². The third kappa shape index (κ3) is 4.34. The van der Waals surface area contributed by atoms with Crippen LogP contribution < -0.4 is 0 Å². The van der Waals surface area contributed by atoms with Crippen molar-refractivity contribution >= 4 is 15.9 Å². The number of benzene rings is 1. The predicted octanol–water partition coefficient (Wildman–Crippen LogP) is 3.96. The van der Waals surface area contributed by atoms with Crippen LogP contribution in [0.4, 0.5) is 0 Å². The second-order valence-electron chi connectivity index (χ2n) is 3.79. The van der Waals surface area contributed by atoms with Gasteiger partial charge in [0.05, 0.1) is 12.2 Å². The Morgan fingerprint density at radius 3 is 2.69 bits per heavy atom. The van der Waals surface area contributed by atoms with E-state index in [-0.39, 0.29) is 0 Å². The zero-order valence-corrected chi connectivity index (χ0v) is 10.8. The van der Waals surface area contributed by atoms with Crippen LogP contribution in [0.1, 0.15) is 43.8 Å². The fourth-order valence-corrected chi connectivity index (χ4v) is 2.17. The van der Waals surface area contributed by atoms with Gasteiger partial charge in [0.2, 0.25) is 0 Å². The van der Waals surface area contributed by atoms with Crippen molar-refractivity contribution in [2.45, 2.75) is 38.2 Å². The molecule has 86 valence electrons. The maximum atomic E-state index is 9.96. The number of hydrogen-bond acceptors (Lipinski definition) is 2. The first-order chi connectivity index (χ1) is 7.75. The lowest BCUT2D eigenvalue weighted by molar-refractivity contribution is 0.162. The quantitative estimate of drug-likeness (QED) is 0.803. The Kier molecular flexibility index (Phi) is 6.14. The number of nitrogens with zero attached hydrogens (tertiary/aromatic N) is 1. The molecule has 3 heteroatoms. The molecule has 0 bridgehead atoms. The molecule has 16 heavy (non-hydrogen) atoms. The number of hydrogen-bond donors (Lipinski definition) is 1. The molecule has 1 aromatic rings. The molecule has 0 saturated heterocycles. The smallest absolute Gasteiger partial charge is 0.0800 e. The molecule has 0 amide bonds. The average Bonchev–Trinajstić information content (AvgIpc) is 2.29. The molecule has 0 aliphatic heterocycles. The summed E-state index contributed by atoms with van der Waals surface area (Å²) in [4.78, 5) is 0. The Morgan fingerprint density at radius 2 is 2.00 bits per heavy atom. The Hall–Kier alpha value is -0.850. The third-order valence-electron chi connectivity index (χ3n) is 2.53. The van der Waals surface area contributed by atoms with Crippen LogP contribution >= 0.6 is 15.9 Å². The van der Waals surface area contributed by atoms with Crippen molar-refractivity contribution < 1.29 is 5.11 Å². The highest BCUT2D eigenvalue weighted by atomic mass is 79.9. The predicted molar refractivity (Wildman–Crippen MR) is 67.8 cm³/mol. The van der Waals surface area contributed by atoms with Gasteiger partial charge < -0.3 is 5.11 Å². The van der Waals surface area contributed by atoms with E-state index >= 15 is 0 Å². The van der Waals surface area contributed by atoms with Crippen LogP contribution in [0.5, 0.6) is 0 Å². The maximum absolute atomic E-state index is 9.96. The van der Waals surface area contributed by atoms with E-state index in [9.17, 15) is 5.11 Å². The molecule has 1 N–H and O–H groups in total. The first kappa shape index (κ1) is 13.2. The van der Waals surface area contributed by atoms with Crippen LogP contribution in [0.3, 0.4) is 0 Å². The fraction of sp³-hybridized carbons (Fsp3) is 0.462. The van der Waals surface area contributed by atoms with Crippen molar-refractivity contribution in [3.63, 3.8) is 0 Å². The van der Waals surface area contributed by atoms with Crippen LogP contribution in [0, 0.1) is 11.3 Å². The first-order valence-electron chi connectivity index (χ1n) is 5.55. The third-order valence-corrected chi connectivity index (χ3v) is 3.25. The summed E-state index contributed by atoms with van der Waals surface area (Å²) >= 11 is 3.43. The second kappa shape index (κ2) is 7.43. The topological polar surface area (TPSA) is 44.0 Å². The number of aliphatic hydroxyl groups excluding tert-OH is 1. The molecular formula is C13H16BrNO. The van der Waals surface area contributed by atoms with Gasteiger partial charge in [0.25, 0.3) is 0 Å². The number of unbranched alkanes of at least 4 members (excludes halogenated alkanes) is 3. The summed E-state index contributed by atoms with van der Waals surface area (Å²) in [6.07, 6.45) is 3.87. The summed E-state index contributed by atoms with van der Waals surface area (Å²) in [6.45, 7) is 0. The Bertz CT molecular complexity index is 359. The second-order valence-corrected chi connectivity index (χ2v) is 4.65. The summed E-state index contributed by atoms with van der Waals surface area (Å²) in [5, 5.41) is 18.3. The minimum Gasteiger partial charge on any atom is -0.388 e. The molecule has 0 aliphatic carbocycles. The van der Waals surface area contributed by atoms with Crippen LogP contribution in [0.2, 0.25) is 0 Å². The van der Waals surface area contributed by atoms with Gasteiger partial charge in [0.15, 0.2) is 0 Å². The molecule has 0 aliphatic rings. The summed E-state index contributed by atoms with van der Waals surface area (Å²) < 4.78 is 0.958. The van der Waals surface area contributed by atoms with Gasteiger partial charge in [0.1, 0.15) is 0 Å². The van der Waals surface area contributed by atoms with E-state index in [0.717, 1.165) is 35.7 Å². The average molecular weight is 282 g/mol. The SMILES string of the molecule is N#CCCCCCC(O)c1ccccc1Br. The van der Waals surface area contributed by atoms with E-state index in [2.05, 4.69) is 22.0 Å². The van der Waals surface area contributed by atoms with Gasteiger partial charge in [-0.3, -0.25) is 0 Å². The Balaban J connectivity index is 2.33. The molecule has 0 saturated carbocycles. The van der Waals surface area contributed by atoms with Crippen LogP contribution in [0.15, 0.2) is 28.7 Å². The molecule has 2 nitrogen and oxygen atoms in total. The normalized spacial score (nSPS) is 12.1. The lowest BCUT2D eigenvalue weighted by Crippen LogP contribution is -1.98. The van der Waals surface area contributed by atoms with E-state index in [0.29, 0.717) is 6.42 Å². The summed E-state index contributed by atoms with van der Waals surface area (Å²) in [6, 6.07) is 9.87. The molecule has 0 spiro atoms. The zero-order chi connectivity index (χ0) is 11.8. The van der Waals surface area contributed by atoms with E-state index in [4.69, 9.17) is 5.26 Å². The lowest BCUT2D eigenvalue weighted by Gasteiger charge is -2.12. The van der Waals surface area contributed by atoms with Crippen LogP contribution in [-0.2, 0) is 0 Å². The van der Waals surface area contributed by atoms with E-state index in [1.165, 1.54) is 0 Å². The van der Waals surface area contributed by atoms with E-state index < -0.39 is 6.10 Å². The Morgan fingerprint density at radius 1 is 1.25 bits per heavy atom. The Labute approximate surface area is 105 Å². The maximum Gasteiger partial charge on any atom is 0.0800 e. The molecule has 1 atom stereocenters. The lowest BCUT2D eigenvalue weighted by atomic mass is 10.0. The number of nitriles is 1. The van der Waals surface area contributed by atoms with Crippen molar-refractivity contribution in [3.8, 4) is 6.07 Å². The highest BCUT2D eigenvalue weighted by Gasteiger charge is 2.09. The van der Waals surface area contributed by atoms with E-state index in [1.54, 1.807) is 0 Å². The molecule has 1 aromatic carbocycles. The minimum absolute atomic E-state index is 0.405. The van der Waals surface area contributed by atoms with Gasteiger partial charge in [-0.1, -0.05) is 47.0 Å². The van der Waals surface area contributed by atoms with Gasteiger partial charge in [-0.15, -0.1) is 0 Å². The summed E-state index contributed by atoms with van der Waals surface area (Å²) in [5.41, 5.74) is 0.947. The molecule has 0 radical (unpaired) electrons. The zero-order valence-electron chi connectivity index (χ0n) is 9.19. The molecular weight excluding hydrogens is 266 g/mol. The molecule has 1 unspecified atom stereocenters. The largest absolute Gasteiger partial charge is 0.388 e. The summed E-state index contributed by atoms with van der Waals surface area (Å²) in [5.74, 6) is 0. The van der Waals surface area contributed by atoms with Crippen molar-refractivity contribution in [1.29, 1.82) is 5.26 Å². The van der Waals surface area contributed by atoms with Crippen molar-refractivity contribution in [3.05, 3.63) is 34.3 Å². The number of aliphatic hydroxyl groups is 1. The highest BCUT2D eigenvalue weighted by Crippen LogP contribution is 2.26. The molecule has 0 fully saturated rings. The molecule has 1 rings (SSSR count). The first-order valence-corrected chi connectivity index (χ1v) is 6.34. The summed E-state index contributed by atoms with van der Waals surface area (Å²) in [7, 11) is 0.